The third kappa shape index (κ3) is 3.49. The molecule has 0 spiro atoms. The molecule has 1 fully saturated rings. The van der Waals surface area contributed by atoms with E-state index < -0.39 is 11.0 Å². The molecule has 2 rings (SSSR count). The van der Waals surface area contributed by atoms with Crippen LogP contribution in [0.1, 0.15) is 0 Å². The normalized spacial score (nSPS) is 18.9. The second-order valence-corrected chi connectivity index (χ2v) is 4.83. The lowest BCUT2D eigenvalue weighted by atomic mass is 10.2. The quantitative estimate of drug-likeness (QED) is 0.643. The third-order valence-electron chi connectivity index (χ3n) is 2.64. The van der Waals surface area contributed by atoms with Crippen molar-refractivity contribution in [3.8, 4) is 0 Å². The van der Waals surface area contributed by atoms with Crippen molar-refractivity contribution < 1.29 is 14.5 Å². The summed E-state index contributed by atoms with van der Waals surface area (Å²) in [6.07, 6.45) is -0.583. The Morgan fingerprint density at radius 2 is 2.37 bits per heavy atom. The molecule has 8 heteroatoms. The lowest BCUT2D eigenvalue weighted by Crippen LogP contribution is -2.45. The number of rotatable bonds is 3. The van der Waals surface area contributed by atoms with Crippen molar-refractivity contribution in [3.63, 3.8) is 0 Å². The number of benzene rings is 1. The molecule has 19 heavy (non-hydrogen) atoms. The number of non-ortho nitro benzene ring substituents is 1. The van der Waals surface area contributed by atoms with E-state index in [1.165, 1.54) is 18.2 Å². The summed E-state index contributed by atoms with van der Waals surface area (Å²) in [4.78, 5) is 22.1. The van der Waals surface area contributed by atoms with Gasteiger partial charge in [0.1, 0.15) is 6.10 Å². The Kier molecular flexibility index (Phi) is 4.46. The topological polar surface area (TPSA) is 93.5 Å². The highest BCUT2D eigenvalue weighted by Gasteiger charge is 2.22. The molecule has 1 aromatic carbocycles. The summed E-state index contributed by atoms with van der Waals surface area (Å²) in [5, 5.41) is 16.4. The van der Waals surface area contributed by atoms with Crippen LogP contribution in [0.3, 0.4) is 0 Å². The van der Waals surface area contributed by atoms with Gasteiger partial charge in [-0.2, -0.15) is 0 Å². The average molecular weight is 330 g/mol. The summed E-state index contributed by atoms with van der Waals surface area (Å²) in [6, 6.07) is 4.18. The molecule has 1 aliphatic rings. The molecule has 0 aliphatic carbocycles. The first kappa shape index (κ1) is 13.9. The van der Waals surface area contributed by atoms with E-state index in [0.29, 0.717) is 29.9 Å². The highest BCUT2D eigenvalue weighted by Crippen LogP contribution is 2.27. The molecular formula is C11H12BrN3O4. The Labute approximate surface area is 117 Å². The number of ether oxygens (including phenoxy) is 1. The monoisotopic (exact) mass is 329 g/mol. The van der Waals surface area contributed by atoms with E-state index in [0.717, 1.165) is 0 Å². The van der Waals surface area contributed by atoms with Gasteiger partial charge < -0.3 is 15.4 Å². The lowest BCUT2D eigenvalue weighted by molar-refractivity contribution is -0.384. The van der Waals surface area contributed by atoms with E-state index in [1.807, 2.05) is 0 Å². The third-order valence-corrected chi connectivity index (χ3v) is 3.33. The summed E-state index contributed by atoms with van der Waals surface area (Å²) < 4.78 is 5.88. The standard InChI is InChI=1S/C11H12BrN3O4/c12-8-2-1-7(15(17)18)5-9(8)14-11(16)10-6-13-3-4-19-10/h1-2,5,10,13H,3-4,6H2,(H,14,16). The Bertz CT molecular complexity index is 503. The molecule has 1 saturated heterocycles. The summed E-state index contributed by atoms with van der Waals surface area (Å²) in [5.41, 5.74) is 0.273. The van der Waals surface area contributed by atoms with E-state index in [-0.39, 0.29) is 11.6 Å². The number of amides is 1. The van der Waals surface area contributed by atoms with Crippen molar-refractivity contribution in [1.82, 2.24) is 5.32 Å². The van der Waals surface area contributed by atoms with Gasteiger partial charge in [0.25, 0.3) is 11.6 Å². The van der Waals surface area contributed by atoms with Gasteiger partial charge in [0.2, 0.25) is 0 Å². The zero-order chi connectivity index (χ0) is 13.8. The fourth-order valence-electron chi connectivity index (χ4n) is 1.67. The van der Waals surface area contributed by atoms with E-state index >= 15 is 0 Å². The molecular weight excluding hydrogens is 318 g/mol. The maximum atomic E-state index is 11.9. The van der Waals surface area contributed by atoms with E-state index in [1.54, 1.807) is 0 Å². The van der Waals surface area contributed by atoms with Crippen molar-refractivity contribution >= 4 is 33.2 Å². The number of nitrogens with one attached hydrogen (secondary N) is 2. The highest BCUT2D eigenvalue weighted by molar-refractivity contribution is 9.10. The van der Waals surface area contributed by atoms with Crippen LogP contribution in [0.4, 0.5) is 11.4 Å². The van der Waals surface area contributed by atoms with Gasteiger partial charge >= 0.3 is 0 Å². The fourth-order valence-corrected chi connectivity index (χ4v) is 2.02. The van der Waals surface area contributed by atoms with Crippen molar-refractivity contribution in [2.45, 2.75) is 6.10 Å². The summed E-state index contributed by atoms with van der Waals surface area (Å²) in [6.45, 7) is 1.61. The number of anilines is 1. The molecule has 0 bridgehead atoms. The minimum atomic E-state index is -0.583. The van der Waals surface area contributed by atoms with Gasteiger partial charge in [-0.3, -0.25) is 14.9 Å². The summed E-state index contributed by atoms with van der Waals surface area (Å²) in [7, 11) is 0. The van der Waals surface area contributed by atoms with Crippen molar-refractivity contribution in [2.24, 2.45) is 0 Å². The second-order valence-electron chi connectivity index (χ2n) is 3.97. The maximum Gasteiger partial charge on any atom is 0.271 e. The Hall–Kier alpha value is -1.51. The van der Waals surface area contributed by atoms with E-state index in [9.17, 15) is 14.9 Å². The van der Waals surface area contributed by atoms with E-state index in [2.05, 4.69) is 26.6 Å². The summed E-state index contributed by atoms with van der Waals surface area (Å²) in [5.74, 6) is -0.326. The van der Waals surface area contributed by atoms with Crippen molar-refractivity contribution in [2.75, 3.05) is 25.0 Å². The number of carbonyl (C=O) groups excluding carboxylic acids is 1. The van der Waals surface area contributed by atoms with Crippen molar-refractivity contribution in [3.05, 3.63) is 32.8 Å². The van der Waals surface area contributed by atoms with Gasteiger partial charge in [0.05, 0.1) is 17.2 Å². The highest BCUT2D eigenvalue weighted by atomic mass is 79.9. The maximum absolute atomic E-state index is 11.9. The average Bonchev–Trinajstić information content (AvgIpc) is 2.42. The second kappa shape index (κ2) is 6.09. The minimum Gasteiger partial charge on any atom is -0.366 e. The van der Waals surface area contributed by atoms with Crippen LogP contribution in [0, 0.1) is 10.1 Å². The van der Waals surface area contributed by atoms with Gasteiger partial charge in [0.15, 0.2) is 0 Å². The number of nitro groups is 1. The van der Waals surface area contributed by atoms with Crippen LogP contribution in [0.15, 0.2) is 22.7 Å². The van der Waals surface area contributed by atoms with Crippen LogP contribution in [0.2, 0.25) is 0 Å². The number of hydrogen-bond donors (Lipinski definition) is 2. The Morgan fingerprint density at radius 3 is 3.00 bits per heavy atom. The molecule has 1 atom stereocenters. The van der Waals surface area contributed by atoms with Crippen molar-refractivity contribution in [1.29, 1.82) is 0 Å². The zero-order valence-electron chi connectivity index (χ0n) is 9.89. The fraction of sp³-hybridized carbons (Fsp3) is 0.364. The van der Waals surface area contributed by atoms with Gasteiger partial charge in [0, 0.05) is 29.7 Å². The molecule has 0 aromatic heterocycles. The van der Waals surface area contributed by atoms with Crippen LogP contribution in [-0.4, -0.2) is 36.6 Å². The number of nitrogens with zero attached hydrogens (tertiary/aromatic N) is 1. The minimum absolute atomic E-state index is 0.0822. The van der Waals surface area contributed by atoms with Gasteiger partial charge in [-0.25, -0.2) is 0 Å². The first-order chi connectivity index (χ1) is 9.08. The number of morpholine rings is 1. The van der Waals surface area contributed by atoms with Crippen LogP contribution in [0.25, 0.3) is 0 Å². The molecule has 2 N–H and O–H groups in total. The zero-order valence-corrected chi connectivity index (χ0v) is 11.5. The predicted octanol–water partition coefficient (Wildman–Crippen LogP) is 1.28. The number of carbonyl (C=O) groups is 1. The Balaban J connectivity index is 2.11. The molecule has 102 valence electrons. The first-order valence-corrected chi connectivity index (χ1v) is 6.44. The summed E-state index contributed by atoms with van der Waals surface area (Å²) >= 11 is 3.24. The SMILES string of the molecule is O=C(Nc1cc([N+](=O)[O-])ccc1Br)C1CNCCO1. The lowest BCUT2D eigenvalue weighted by Gasteiger charge is -2.22. The van der Waals surface area contributed by atoms with Crippen LogP contribution >= 0.6 is 15.9 Å². The molecule has 1 aromatic rings. The number of hydrogen-bond acceptors (Lipinski definition) is 5. The molecule has 1 heterocycles. The van der Waals surface area contributed by atoms with E-state index in [4.69, 9.17) is 4.74 Å². The van der Waals surface area contributed by atoms with Gasteiger partial charge in [-0.15, -0.1) is 0 Å². The molecule has 0 radical (unpaired) electrons. The van der Waals surface area contributed by atoms with Gasteiger partial charge in [-0.05, 0) is 22.0 Å². The molecule has 1 unspecified atom stereocenters. The number of halogens is 1. The molecule has 1 aliphatic heterocycles. The first-order valence-electron chi connectivity index (χ1n) is 5.65. The Morgan fingerprint density at radius 1 is 1.58 bits per heavy atom. The van der Waals surface area contributed by atoms with Gasteiger partial charge in [-0.1, -0.05) is 0 Å². The van der Waals surface area contributed by atoms with Crippen LogP contribution in [-0.2, 0) is 9.53 Å². The van der Waals surface area contributed by atoms with Crippen LogP contribution in [0.5, 0.6) is 0 Å². The molecule has 7 nitrogen and oxygen atoms in total. The smallest absolute Gasteiger partial charge is 0.271 e. The largest absolute Gasteiger partial charge is 0.366 e. The number of nitro benzene ring substituents is 1. The van der Waals surface area contributed by atoms with Crippen LogP contribution < -0.4 is 10.6 Å². The predicted molar refractivity (Wildman–Crippen MR) is 72.0 cm³/mol. The molecule has 1 amide bonds. The molecule has 0 saturated carbocycles.